The van der Waals surface area contributed by atoms with Gasteiger partial charge in [0.2, 0.25) is 0 Å². The second-order valence-corrected chi connectivity index (χ2v) is 7.22. The van der Waals surface area contributed by atoms with Gasteiger partial charge in [-0.1, -0.05) is 12.1 Å². The van der Waals surface area contributed by atoms with Crippen molar-refractivity contribution in [3.63, 3.8) is 0 Å². The van der Waals surface area contributed by atoms with Gasteiger partial charge < -0.3 is 5.11 Å². The fourth-order valence-corrected chi connectivity index (χ4v) is 3.38. The van der Waals surface area contributed by atoms with E-state index in [0.717, 1.165) is 14.0 Å². The minimum Gasteiger partial charge on any atom is -0.388 e. The maximum absolute atomic E-state index is 13.3. The summed E-state index contributed by atoms with van der Waals surface area (Å²) in [5, 5.41) is 12.0. The van der Waals surface area contributed by atoms with Gasteiger partial charge in [0.1, 0.15) is 5.82 Å². The predicted octanol–water partition coefficient (Wildman–Crippen LogP) is 4.53. The van der Waals surface area contributed by atoms with Gasteiger partial charge in [-0.3, -0.25) is 0 Å². The van der Waals surface area contributed by atoms with Gasteiger partial charge in [-0.05, 0) is 67.2 Å². The van der Waals surface area contributed by atoms with Crippen LogP contribution in [-0.2, 0) is 6.42 Å². The molecule has 1 nitrogen and oxygen atoms in total. The Bertz CT molecular complexity index is 529. The van der Waals surface area contributed by atoms with Crippen LogP contribution in [-0.4, -0.2) is 5.11 Å². The van der Waals surface area contributed by atoms with Crippen molar-refractivity contribution in [2.75, 3.05) is 0 Å². The second-order valence-electron chi connectivity index (χ2n) is 3.62. The quantitative estimate of drug-likeness (QED) is 0.715. The van der Waals surface area contributed by atoms with Gasteiger partial charge in [0, 0.05) is 6.42 Å². The minimum absolute atomic E-state index is 0.297. The molecule has 0 radical (unpaired) electrons. The van der Waals surface area contributed by atoms with Gasteiger partial charge in [-0.25, -0.2) is 4.39 Å². The number of halogens is 3. The standard InChI is InChI=1S/C12H9BrFIOS/c13-12-7(2-1-3-9(12)14)4-10(16)8-5-11(15)17-6-8/h1-3,5-6,10,16H,4H2. The van der Waals surface area contributed by atoms with E-state index in [1.807, 2.05) is 17.5 Å². The van der Waals surface area contributed by atoms with E-state index in [-0.39, 0.29) is 5.82 Å². The van der Waals surface area contributed by atoms with Crippen molar-refractivity contribution >= 4 is 49.9 Å². The molecule has 1 unspecified atom stereocenters. The highest BCUT2D eigenvalue weighted by molar-refractivity contribution is 14.1. The summed E-state index contributed by atoms with van der Waals surface area (Å²) in [6, 6.07) is 6.81. The molecule has 90 valence electrons. The number of aliphatic hydroxyl groups is 1. The maximum Gasteiger partial charge on any atom is 0.137 e. The van der Waals surface area contributed by atoms with E-state index in [4.69, 9.17) is 0 Å². The van der Waals surface area contributed by atoms with Gasteiger partial charge in [-0.2, -0.15) is 0 Å². The van der Waals surface area contributed by atoms with E-state index in [1.165, 1.54) is 6.07 Å². The molecular formula is C12H9BrFIOS. The van der Waals surface area contributed by atoms with Crippen LogP contribution in [0.5, 0.6) is 0 Å². The Morgan fingerprint density at radius 2 is 2.24 bits per heavy atom. The molecule has 0 saturated heterocycles. The van der Waals surface area contributed by atoms with E-state index in [2.05, 4.69) is 38.5 Å². The lowest BCUT2D eigenvalue weighted by Gasteiger charge is -2.10. The third-order valence-corrected chi connectivity index (χ3v) is 5.11. The van der Waals surface area contributed by atoms with E-state index >= 15 is 0 Å². The number of aliphatic hydroxyl groups excluding tert-OH is 1. The summed E-state index contributed by atoms with van der Waals surface area (Å²) in [5.41, 5.74) is 1.66. The Labute approximate surface area is 125 Å². The summed E-state index contributed by atoms with van der Waals surface area (Å²) >= 11 is 7.01. The molecule has 1 heterocycles. The molecular weight excluding hydrogens is 418 g/mol. The average molecular weight is 427 g/mol. The van der Waals surface area contributed by atoms with Crippen LogP contribution >= 0.6 is 49.9 Å². The molecule has 2 aromatic rings. The third-order valence-electron chi connectivity index (χ3n) is 2.42. The third kappa shape index (κ3) is 3.27. The molecule has 0 aliphatic carbocycles. The van der Waals surface area contributed by atoms with Crippen molar-refractivity contribution in [2.24, 2.45) is 0 Å². The molecule has 0 amide bonds. The first kappa shape index (κ1) is 13.5. The molecule has 17 heavy (non-hydrogen) atoms. The monoisotopic (exact) mass is 426 g/mol. The summed E-state index contributed by atoms with van der Waals surface area (Å²) in [7, 11) is 0. The summed E-state index contributed by atoms with van der Waals surface area (Å²) in [5.74, 6) is -0.297. The Balaban J connectivity index is 2.18. The van der Waals surface area contributed by atoms with Crippen molar-refractivity contribution in [2.45, 2.75) is 12.5 Å². The summed E-state index contributed by atoms with van der Waals surface area (Å²) < 4.78 is 14.9. The first-order valence-electron chi connectivity index (χ1n) is 4.93. The molecule has 0 saturated carbocycles. The zero-order valence-corrected chi connectivity index (χ0v) is 13.2. The highest BCUT2D eigenvalue weighted by Crippen LogP contribution is 2.28. The van der Waals surface area contributed by atoms with Crippen molar-refractivity contribution in [3.8, 4) is 0 Å². The lowest BCUT2D eigenvalue weighted by molar-refractivity contribution is 0.178. The van der Waals surface area contributed by atoms with Gasteiger partial charge >= 0.3 is 0 Å². The van der Waals surface area contributed by atoms with Crippen molar-refractivity contribution in [3.05, 3.63) is 53.9 Å². The molecule has 1 aromatic carbocycles. The molecule has 1 N–H and O–H groups in total. The van der Waals surface area contributed by atoms with E-state index in [9.17, 15) is 9.50 Å². The molecule has 0 aliphatic rings. The molecule has 0 aliphatic heterocycles. The van der Waals surface area contributed by atoms with E-state index in [0.29, 0.717) is 10.9 Å². The Hall–Kier alpha value is 0.0200. The van der Waals surface area contributed by atoms with Crippen LogP contribution in [0.2, 0.25) is 0 Å². The van der Waals surface area contributed by atoms with Crippen molar-refractivity contribution in [1.29, 1.82) is 0 Å². The highest BCUT2D eigenvalue weighted by atomic mass is 127. The lowest BCUT2D eigenvalue weighted by Crippen LogP contribution is -2.01. The van der Waals surface area contributed by atoms with Gasteiger partial charge in [0.05, 0.1) is 13.5 Å². The normalized spacial score (nSPS) is 12.7. The van der Waals surface area contributed by atoms with Crippen LogP contribution in [0.3, 0.4) is 0 Å². The van der Waals surface area contributed by atoms with Crippen LogP contribution in [0.4, 0.5) is 4.39 Å². The first-order valence-corrected chi connectivity index (χ1v) is 7.68. The second kappa shape index (κ2) is 5.77. The largest absolute Gasteiger partial charge is 0.388 e. The number of rotatable bonds is 3. The fraction of sp³-hybridized carbons (Fsp3) is 0.167. The topological polar surface area (TPSA) is 20.2 Å². The Morgan fingerprint density at radius 3 is 2.88 bits per heavy atom. The predicted molar refractivity (Wildman–Crippen MR) is 79.8 cm³/mol. The SMILES string of the molecule is OC(Cc1cccc(F)c1Br)c1csc(I)c1. The first-order chi connectivity index (χ1) is 8.08. The number of benzene rings is 1. The zero-order valence-electron chi connectivity index (χ0n) is 8.66. The average Bonchev–Trinajstić information content (AvgIpc) is 2.72. The molecule has 5 heteroatoms. The van der Waals surface area contributed by atoms with Crippen molar-refractivity contribution in [1.82, 2.24) is 0 Å². The van der Waals surface area contributed by atoms with Crippen LogP contribution in [0.25, 0.3) is 0 Å². The smallest absolute Gasteiger partial charge is 0.137 e. The molecule has 0 bridgehead atoms. The summed E-state index contributed by atoms with van der Waals surface area (Å²) in [6.07, 6.45) is -0.182. The number of thiophene rings is 1. The molecule has 0 spiro atoms. The summed E-state index contributed by atoms with van der Waals surface area (Å²) in [6.45, 7) is 0. The number of hydrogen-bond donors (Lipinski definition) is 1. The van der Waals surface area contributed by atoms with Crippen molar-refractivity contribution < 1.29 is 9.50 Å². The molecule has 1 atom stereocenters. The molecule has 2 rings (SSSR count). The van der Waals surface area contributed by atoms with Gasteiger partial charge in [0.15, 0.2) is 0 Å². The highest BCUT2D eigenvalue weighted by Gasteiger charge is 2.13. The minimum atomic E-state index is -0.590. The Kier molecular flexibility index (Phi) is 4.57. The van der Waals surface area contributed by atoms with Gasteiger partial charge in [0.25, 0.3) is 0 Å². The van der Waals surface area contributed by atoms with Gasteiger partial charge in [-0.15, -0.1) is 11.3 Å². The van der Waals surface area contributed by atoms with Crippen LogP contribution in [0, 0.1) is 8.70 Å². The Morgan fingerprint density at radius 1 is 1.47 bits per heavy atom. The van der Waals surface area contributed by atoms with Crippen LogP contribution in [0.15, 0.2) is 34.1 Å². The maximum atomic E-state index is 13.3. The zero-order chi connectivity index (χ0) is 12.4. The number of hydrogen-bond acceptors (Lipinski definition) is 2. The molecule has 0 fully saturated rings. The fourth-order valence-electron chi connectivity index (χ4n) is 1.53. The van der Waals surface area contributed by atoms with Crippen LogP contribution < -0.4 is 0 Å². The van der Waals surface area contributed by atoms with E-state index in [1.54, 1.807) is 17.4 Å². The molecule has 1 aromatic heterocycles. The lowest BCUT2D eigenvalue weighted by atomic mass is 10.0. The van der Waals surface area contributed by atoms with E-state index < -0.39 is 6.10 Å². The van der Waals surface area contributed by atoms with Crippen LogP contribution in [0.1, 0.15) is 17.2 Å². The summed E-state index contributed by atoms with van der Waals surface area (Å²) in [4.78, 5) is 0.